The van der Waals surface area contributed by atoms with Gasteiger partial charge in [0.25, 0.3) is 0 Å². The highest BCUT2D eigenvalue weighted by atomic mass is 16.5. The molecule has 0 saturated carbocycles. The summed E-state index contributed by atoms with van der Waals surface area (Å²) in [6.45, 7) is 3.67. The molecule has 5 nitrogen and oxygen atoms in total. The van der Waals surface area contributed by atoms with Gasteiger partial charge in [0, 0.05) is 13.2 Å². The van der Waals surface area contributed by atoms with Gasteiger partial charge in [-0.1, -0.05) is 0 Å². The first-order valence-corrected chi connectivity index (χ1v) is 5.26. The van der Waals surface area contributed by atoms with E-state index in [1.165, 1.54) is 0 Å². The predicted molar refractivity (Wildman–Crippen MR) is 58.6 cm³/mol. The molecule has 0 aromatic heterocycles. The van der Waals surface area contributed by atoms with Crippen molar-refractivity contribution in [2.45, 2.75) is 25.8 Å². The van der Waals surface area contributed by atoms with E-state index in [4.69, 9.17) is 15.2 Å². The van der Waals surface area contributed by atoms with Crippen LogP contribution >= 0.6 is 0 Å². The molecule has 0 rings (SSSR count). The first-order valence-electron chi connectivity index (χ1n) is 5.26. The number of nitrogens with one attached hydrogen (secondary N) is 1. The Labute approximate surface area is 91.3 Å². The maximum absolute atomic E-state index is 11.3. The molecule has 0 aliphatic carbocycles. The van der Waals surface area contributed by atoms with Gasteiger partial charge < -0.3 is 20.5 Å². The molecule has 90 valence electrons. The molecule has 0 aliphatic rings. The monoisotopic (exact) mass is 218 g/mol. The van der Waals surface area contributed by atoms with Crippen LogP contribution in [0.1, 0.15) is 19.8 Å². The molecule has 0 fully saturated rings. The van der Waals surface area contributed by atoms with Crippen LogP contribution in [-0.4, -0.2) is 45.4 Å². The van der Waals surface area contributed by atoms with Crippen molar-refractivity contribution in [1.29, 1.82) is 0 Å². The molecular formula is C10H22N2O3. The van der Waals surface area contributed by atoms with Crippen molar-refractivity contribution in [1.82, 2.24) is 5.32 Å². The highest BCUT2D eigenvalue weighted by molar-refractivity contribution is 5.77. The Bertz CT molecular complexity index is 165. The van der Waals surface area contributed by atoms with E-state index in [2.05, 4.69) is 5.32 Å². The van der Waals surface area contributed by atoms with Gasteiger partial charge in [0.05, 0.1) is 13.2 Å². The number of hydrogen-bond acceptors (Lipinski definition) is 4. The second-order valence-corrected chi connectivity index (χ2v) is 3.44. The molecule has 1 amide bonds. The van der Waals surface area contributed by atoms with E-state index in [0.717, 1.165) is 12.8 Å². The standard InChI is InChI=1S/C10H22N2O3/c1-9(4-3-5-11)12-10(13)8-15-7-6-14-2/h9H,3-8,11H2,1-2H3,(H,12,13). The van der Waals surface area contributed by atoms with Gasteiger partial charge in [-0.05, 0) is 26.3 Å². The zero-order chi connectivity index (χ0) is 11.5. The van der Waals surface area contributed by atoms with Crippen LogP contribution in [0.5, 0.6) is 0 Å². The van der Waals surface area contributed by atoms with Gasteiger partial charge in [-0.3, -0.25) is 4.79 Å². The molecule has 0 aromatic carbocycles. The molecule has 0 spiro atoms. The third kappa shape index (κ3) is 9.65. The Hall–Kier alpha value is -0.650. The number of nitrogens with two attached hydrogens (primary N) is 1. The van der Waals surface area contributed by atoms with Gasteiger partial charge in [0.15, 0.2) is 0 Å². The van der Waals surface area contributed by atoms with Crippen molar-refractivity contribution in [3.05, 3.63) is 0 Å². The molecule has 3 N–H and O–H groups in total. The molecule has 0 heterocycles. The Kier molecular flexibility index (Phi) is 9.46. The molecule has 0 aromatic rings. The lowest BCUT2D eigenvalue weighted by atomic mass is 10.2. The second kappa shape index (κ2) is 9.89. The summed E-state index contributed by atoms with van der Waals surface area (Å²) in [5, 5.41) is 2.83. The Morgan fingerprint density at radius 1 is 1.47 bits per heavy atom. The van der Waals surface area contributed by atoms with Crippen molar-refractivity contribution < 1.29 is 14.3 Å². The third-order valence-electron chi connectivity index (χ3n) is 1.91. The van der Waals surface area contributed by atoms with E-state index in [1.54, 1.807) is 7.11 Å². The van der Waals surface area contributed by atoms with E-state index in [-0.39, 0.29) is 18.6 Å². The summed E-state index contributed by atoms with van der Waals surface area (Å²) in [6.07, 6.45) is 1.83. The molecule has 5 heteroatoms. The van der Waals surface area contributed by atoms with Gasteiger partial charge in [0.1, 0.15) is 6.61 Å². The molecule has 0 saturated heterocycles. The number of ether oxygens (including phenoxy) is 2. The summed E-state index contributed by atoms with van der Waals surface area (Å²) in [7, 11) is 1.60. The van der Waals surface area contributed by atoms with Crippen LogP contribution in [0.2, 0.25) is 0 Å². The largest absolute Gasteiger partial charge is 0.382 e. The number of amides is 1. The van der Waals surface area contributed by atoms with Crippen LogP contribution in [0.25, 0.3) is 0 Å². The van der Waals surface area contributed by atoms with Gasteiger partial charge in [-0.2, -0.15) is 0 Å². The lowest BCUT2D eigenvalue weighted by Gasteiger charge is -2.13. The lowest BCUT2D eigenvalue weighted by molar-refractivity contribution is -0.126. The highest BCUT2D eigenvalue weighted by Crippen LogP contribution is 1.94. The lowest BCUT2D eigenvalue weighted by Crippen LogP contribution is -2.35. The minimum Gasteiger partial charge on any atom is -0.382 e. The third-order valence-corrected chi connectivity index (χ3v) is 1.91. The quantitative estimate of drug-likeness (QED) is 0.530. The smallest absolute Gasteiger partial charge is 0.246 e. The summed E-state index contributed by atoms with van der Waals surface area (Å²) in [5.74, 6) is -0.0874. The summed E-state index contributed by atoms with van der Waals surface area (Å²) in [4.78, 5) is 11.3. The van der Waals surface area contributed by atoms with Crippen LogP contribution in [0.15, 0.2) is 0 Å². The fraction of sp³-hybridized carbons (Fsp3) is 0.900. The Morgan fingerprint density at radius 3 is 2.80 bits per heavy atom. The zero-order valence-corrected chi connectivity index (χ0v) is 9.62. The number of carbonyl (C=O) groups is 1. The molecular weight excluding hydrogens is 196 g/mol. The summed E-state index contributed by atoms with van der Waals surface area (Å²) >= 11 is 0. The molecule has 0 bridgehead atoms. The Balaban J connectivity index is 3.38. The van der Waals surface area contributed by atoms with E-state index >= 15 is 0 Å². The van der Waals surface area contributed by atoms with E-state index in [9.17, 15) is 4.79 Å². The number of methoxy groups -OCH3 is 1. The first kappa shape index (κ1) is 14.3. The van der Waals surface area contributed by atoms with E-state index in [0.29, 0.717) is 19.8 Å². The molecule has 1 atom stereocenters. The molecule has 0 aliphatic heterocycles. The van der Waals surface area contributed by atoms with Crippen molar-refractivity contribution in [3.8, 4) is 0 Å². The maximum Gasteiger partial charge on any atom is 0.246 e. The van der Waals surface area contributed by atoms with Crippen molar-refractivity contribution in [2.75, 3.05) is 33.5 Å². The molecule has 1 unspecified atom stereocenters. The number of hydrogen-bond donors (Lipinski definition) is 2. The van der Waals surface area contributed by atoms with Crippen LogP contribution in [0.4, 0.5) is 0 Å². The number of carbonyl (C=O) groups excluding carboxylic acids is 1. The second-order valence-electron chi connectivity index (χ2n) is 3.44. The average Bonchev–Trinajstić information content (AvgIpc) is 2.21. The van der Waals surface area contributed by atoms with Gasteiger partial charge >= 0.3 is 0 Å². The average molecular weight is 218 g/mol. The topological polar surface area (TPSA) is 73.6 Å². The van der Waals surface area contributed by atoms with Gasteiger partial charge in [0.2, 0.25) is 5.91 Å². The van der Waals surface area contributed by atoms with Crippen molar-refractivity contribution in [2.24, 2.45) is 5.73 Å². The fourth-order valence-corrected chi connectivity index (χ4v) is 1.12. The van der Waals surface area contributed by atoms with Crippen LogP contribution in [0.3, 0.4) is 0 Å². The first-order chi connectivity index (χ1) is 7.20. The number of rotatable bonds is 9. The van der Waals surface area contributed by atoms with Gasteiger partial charge in [-0.25, -0.2) is 0 Å². The minimum atomic E-state index is -0.0874. The highest BCUT2D eigenvalue weighted by Gasteiger charge is 2.06. The fourth-order valence-electron chi connectivity index (χ4n) is 1.12. The normalized spacial score (nSPS) is 12.5. The predicted octanol–water partition coefficient (Wildman–Crippen LogP) is -0.107. The van der Waals surface area contributed by atoms with Crippen LogP contribution in [0, 0.1) is 0 Å². The summed E-state index contributed by atoms with van der Waals surface area (Å²) in [6, 6.07) is 0.159. The SMILES string of the molecule is COCCOCC(=O)NC(C)CCCN. The molecule has 0 radical (unpaired) electrons. The van der Waals surface area contributed by atoms with E-state index < -0.39 is 0 Å². The summed E-state index contributed by atoms with van der Waals surface area (Å²) < 4.78 is 9.87. The van der Waals surface area contributed by atoms with Crippen molar-refractivity contribution in [3.63, 3.8) is 0 Å². The zero-order valence-electron chi connectivity index (χ0n) is 9.62. The van der Waals surface area contributed by atoms with Crippen LogP contribution < -0.4 is 11.1 Å². The Morgan fingerprint density at radius 2 is 2.20 bits per heavy atom. The van der Waals surface area contributed by atoms with Crippen molar-refractivity contribution >= 4 is 5.91 Å². The van der Waals surface area contributed by atoms with Crippen LogP contribution in [-0.2, 0) is 14.3 Å². The summed E-state index contributed by atoms with van der Waals surface area (Å²) in [5.41, 5.74) is 5.37. The minimum absolute atomic E-state index is 0.0874. The maximum atomic E-state index is 11.3. The van der Waals surface area contributed by atoms with E-state index in [1.807, 2.05) is 6.92 Å². The molecule has 15 heavy (non-hydrogen) atoms. The van der Waals surface area contributed by atoms with Gasteiger partial charge in [-0.15, -0.1) is 0 Å².